The molecule has 0 aliphatic carbocycles. The predicted octanol–water partition coefficient (Wildman–Crippen LogP) is 1.91. The molecule has 0 saturated carbocycles. The molecule has 15 heavy (non-hydrogen) atoms. The fourth-order valence-corrected chi connectivity index (χ4v) is 2.68. The monoisotopic (exact) mass is 247 g/mol. The van der Waals surface area contributed by atoms with Crippen molar-refractivity contribution in [3.05, 3.63) is 0 Å². The SMILES string of the molecule is COC(=O)CSC(=S)N1CCC[C@H](C)C1. The minimum absolute atomic E-state index is 0.215. The maximum Gasteiger partial charge on any atom is 0.316 e. The number of likely N-dealkylation sites (tertiary alicyclic amines) is 1. The number of piperidine rings is 1. The Balaban J connectivity index is 2.30. The molecule has 1 saturated heterocycles. The lowest BCUT2D eigenvalue weighted by Gasteiger charge is -2.32. The van der Waals surface area contributed by atoms with Gasteiger partial charge in [0.05, 0.1) is 12.9 Å². The van der Waals surface area contributed by atoms with Crippen molar-refractivity contribution in [2.45, 2.75) is 19.8 Å². The molecule has 0 N–H and O–H groups in total. The molecule has 1 fully saturated rings. The second-order valence-corrected chi connectivity index (χ2v) is 5.43. The summed E-state index contributed by atoms with van der Waals surface area (Å²) in [4.78, 5) is 13.1. The second kappa shape index (κ2) is 6.33. The molecule has 1 aliphatic heterocycles. The highest BCUT2D eigenvalue weighted by Gasteiger charge is 2.19. The van der Waals surface area contributed by atoms with Crippen molar-refractivity contribution in [1.82, 2.24) is 4.90 Å². The third kappa shape index (κ3) is 4.38. The Hall–Kier alpha value is -0.290. The van der Waals surface area contributed by atoms with Crippen molar-refractivity contribution in [2.24, 2.45) is 5.92 Å². The van der Waals surface area contributed by atoms with Crippen LogP contribution in [0.2, 0.25) is 0 Å². The van der Waals surface area contributed by atoms with Crippen molar-refractivity contribution < 1.29 is 9.53 Å². The number of methoxy groups -OCH3 is 1. The molecule has 0 radical (unpaired) electrons. The van der Waals surface area contributed by atoms with Crippen molar-refractivity contribution in [1.29, 1.82) is 0 Å². The number of rotatable bonds is 2. The molecule has 5 heteroatoms. The molecule has 1 atom stereocenters. The highest BCUT2D eigenvalue weighted by molar-refractivity contribution is 8.23. The van der Waals surface area contributed by atoms with Crippen LogP contribution >= 0.6 is 24.0 Å². The quantitative estimate of drug-likeness (QED) is 0.549. The van der Waals surface area contributed by atoms with Gasteiger partial charge in [-0.15, -0.1) is 0 Å². The number of carbonyl (C=O) groups is 1. The van der Waals surface area contributed by atoms with Crippen LogP contribution in [0, 0.1) is 5.92 Å². The lowest BCUT2D eigenvalue weighted by Crippen LogP contribution is -2.37. The Bertz CT molecular complexity index is 246. The zero-order valence-electron chi connectivity index (χ0n) is 9.19. The largest absolute Gasteiger partial charge is 0.468 e. The van der Waals surface area contributed by atoms with E-state index in [1.165, 1.54) is 31.7 Å². The van der Waals surface area contributed by atoms with E-state index in [-0.39, 0.29) is 5.97 Å². The lowest BCUT2D eigenvalue weighted by atomic mass is 10.0. The third-order valence-corrected chi connectivity index (χ3v) is 3.95. The molecule has 0 aromatic carbocycles. The van der Waals surface area contributed by atoms with Gasteiger partial charge in [-0.1, -0.05) is 30.9 Å². The van der Waals surface area contributed by atoms with Gasteiger partial charge in [-0.25, -0.2) is 0 Å². The normalized spacial score (nSPS) is 21.2. The van der Waals surface area contributed by atoms with Crippen LogP contribution in [0.3, 0.4) is 0 Å². The van der Waals surface area contributed by atoms with Crippen LogP contribution < -0.4 is 0 Å². The Morgan fingerprint density at radius 2 is 2.40 bits per heavy atom. The molecule has 0 aromatic rings. The number of hydrogen-bond acceptors (Lipinski definition) is 4. The van der Waals surface area contributed by atoms with Crippen molar-refractivity contribution in [3.8, 4) is 0 Å². The fourth-order valence-electron chi connectivity index (χ4n) is 1.63. The number of esters is 1. The number of nitrogens with zero attached hydrogens (tertiary/aromatic N) is 1. The van der Waals surface area contributed by atoms with E-state index in [1.807, 2.05) is 0 Å². The Kier molecular flexibility index (Phi) is 5.39. The Morgan fingerprint density at radius 1 is 1.67 bits per heavy atom. The molecule has 1 rings (SSSR count). The van der Waals surface area contributed by atoms with E-state index >= 15 is 0 Å². The van der Waals surface area contributed by atoms with Crippen molar-refractivity contribution in [2.75, 3.05) is 26.0 Å². The summed E-state index contributed by atoms with van der Waals surface area (Å²) in [6, 6.07) is 0. The predicted molar refractivity (Wildman–Crippen MR) is 67.0 cm³/mol. The van der Waals surface area contributed by atoms with Crippen molar-refractivity contribution >= 4 is 34.3 Å². The highest BCUT2D eigenvalue weighted by atomic mass is 32.2. The Morgan fingerprint density at radius 3 is 3.00 bits per heavy atom. The van der Waals surface area contributed by atoms with Crippen molar-refractivity contribution in [3.63, 3.8) is 0 Å². The van der Waals surface area contributed by atoms with Gasteiger partial charge in [0.2, 0.25) is 0 Å². The topological polar surface area (TPSA) is 29.5 Å². The molecule has 1 aliphatic rings. The van der Waals surface area contributed by atoms with Crippen LogP contribution in [-0.4, -0.2) is 41.1 Å². The smallest absolute Gasteiger partial charge is 0.316 e. The maximum absolute atomic E-state index is 10.9. The maximum atomic E-state index is 10.9. The van der Waals surface area contributed by atoms with Gasteiger partial charge in [0.15, 0.2) is 0 Å². The van der Waals surface area contributed by atoms with E-state index < -0.39 is 0 Å². The summed E-state index contributed by atoms with van der Waals surface area (Å²) in [7, 11) is 1.40. The van der Waals surface area contributed by atoms with E-state index in [2.05, 4.69) is 16.6 Å². The van der Waals surface area contributed by atoms with Crippen LogP contribution in [-0.2, 0) is 9.53 Å². The van der Waals surface area contributed by atoms with Gasteiger partial charge in [-0.3, -0.25) is 4.79 Å². The molecular weight excluding hydrogens is 230 g/mol. The summed E-state index contributed by atoms with van der Waals surface area (Å²) < 4.78 is 5.40. The minimum Gasteiger partial charge on any atom is -0.468 e. The molecule has 0 amide bonds. The molecule has 0 aromatic heterocycles. The van der Waals surface area contributed by atoms with E-state index in [1.54, 1.807) is 0 Å². The molecular formula is C10H17NO2S2. The van der Waals surface area contributed by atoms with E-state index in [4.69, 9.17) is 12.2 Å². The molecule has 3 nitrogen and oxygen atoms in total. The van der Waals surface area contributed by atoms with Gasteiger partial charge >= 0.3 is 5.97 Å². The standard InChI is InChI=1S/C10H17NO2S2/c1-8-4-3-5-11(6-8)10(14)15-7-9(12)13-2/h8H,3-7H2,1-2H3/t8-/m0/s1. The third-order valence-electron chi connectivity index (χ3n) is 2.46. The molecule has 0 bridgehead atoms. The number of thiocarbonyl (C=S) groups is 1. The van der Waals surface area contributed by atoms with Gasteiger partial charge in [-0.05, 0) is 18.8 Å². The average molecular weight is 247 g/mol. The van der Waals surface area contributed by atoms with E-state index in [9.17, 15) is 4.79 Å². The molecule has 1 heterocycles. The minimum atomic E-state index is -0.215. The van der Waals surface area contributed by atoms with Gasteiger partial charge < -0.3 is 9.64 Å². The van der Waals surface area contributed by atoms with Crippen LogP contribution in [0.4, 0.5) is 0 Å². The number of ether oxygens (including phenoxy) is 1. The molecule has 0 unspecified atom stereocenters. The summed E-state index contributed by atoms with van der Waals surface area (Å²) in [5, 5.41) is 0. The summed E-state index contributed by atoms with van der Waals surface area (Å²) in [6.07, 6.45) is 2.47. The lowest BCUT2D eigenvalue weighted by molar-refractivity contribution is -0.137. The summed E-state index contributed by atoms with van der Waals surface area (Å²) in [6.45, 7) is 4.28. The van der Waals surface area contributed by atoms with Crippen LogP contribution in [0.15, 0.2) is 0 Å². The fraction of sp³-hybridized carbons (Fsp3) is 0.800. The number of thioether (sulfide) groups is 1. The van der Waals surface area contributed by atoms with E-state index in [0.717, 1.165) is 17.4 Å². The van der Waals surface area contributed by atoms with Crippen LogP contribution in [0.1, 0.15) is 19.8 Å². The van der Waals surface area contributed by atoms with Crippen LogP contribution in [0.5, 0.6) is 0 Å². The highest BCUT2D eigenvalue weighted by Crippen LogP contribution is 2.19. The van der Waals surface area contributed by atoms with Crippen LogP contribution in [0.25, 0.3) is 0 Å². The molecule has 0 spiro atoms. The van der Waals surface area contributed by atoms with E-state index in [0.29, 0.717) is 11.7 Å². The second-order valence-electron chi connectivity index (χ2n) is 3.82. The van der Waals surface area contributed by atoms with Gasteiger partial charge in [0, 0.05) is 13.1 Å². The summed E-state index contributed by atoms with van der Waals surface area (Å²) >= 11 is 6.67. The first-order valence-electron chi connectivity index (χ1n) is 5.12. The summed E-state index contributed by atoms with van der Waals surface area (Å²) in [5.41, 5.74) is 0. The first kappa shape index (κ1) is 12.8. The number of carbonyl (C=O) groups excluding carboxylic acids is 1. The zero-order valence-corrected chi connectivity index (χ0v) is 10.8. The summed E-state index contributed by atoms with van der Waals surface area (Å²) in [5.74, 6) is 0.808. The van der Waals surface area contributed by atoms with Gasteiger partial charge in [-0.2, -0.15) is 0 Å². The Labute approximate surface area is 101 Å². The van der Waals surface area contributed by atoms with Gasteiger partial charge in [0.25, 0.3) is 0 Å². The zero-order chi connectivity index (χ0) is 11.3. The first-order valence-corrected chi connectivity index (χ1v) is 6.51. The number of hydrogen-bond donors (Lipinski definition) is 0. The van der Waals surface area contributed by atoms with Gasteiger partial charge in [0.1, 0.15) is 4.32 Å². The first-order chi connectivity index (χ1) is 7.13. The average Bonchev–Trinajstić information content (AvgIpc) is 2.25. The molecule has 86 valence electrons.